The fourth-order valence-electron chi connectivity index (χ4n) is 2.36. The monoisotopic (exact) mass is 242 g/mol. The predicted molar refractivity (Wildman–Crippen MR) is 68.6 cm³/mol. The number of hydrogen-bond donors (Lipinski definition) is 1. The minimum atomic E-state index is -0.0379. The first kappa shape index (κ1) is 14.5. The number of hydrogen-bond acceptors (Lipinski definition) is 3. The van der Waals surface area contributed by atoms with Gasteiger partial charge in [-0.2, -0.15) is 0 Å². The number of nitrogens with zero attached hydrogens (tertiary/aromatic N) is 1. The van der Waals surface area contributed by atoms with E-state index in [1.165, 1.54) is 0 Å². The molecule has 0 bridgehead atoms. The Hall–Kier alpha value is -0.610. The summed E-state index contributed by atoms with van der Waals surface area (Å²) in [6.07, 6.45) is 1.09. The molecule has 1 aliphatic rings. The van der Waals surface area contributed by atoms with Gasteiger partial charge in [-0.15, -0.1) is 0 Å². The van der Waals surface area contributed by atoms with Crippen LogP contribution in [0.25, 0.3) is 0 Å². The lowest BCUT2D eigenvalue weighted by molar-refractivity contribution is -0.133. The molecule has 1 N–H and O–H groups in total. The first-order valence-corrected chi connectivity index (χ1v) is 6.68. The van der Waals surface area contributed by atoms with Crippen LogP contribution in [-0.2, 0) is 9.53 Å². The Labute approximate surface area is 105 Å². The van der Waals surface area contributed by atoms with E-state index >= 15 is 0 Å². The maximum Gasteiger partial charge on any atom is 0.241 e. The summed E-state index contributed by atoms with van der Waals surface area (Å²) in [7, 11) is 0. The van der Waals surface area contributed by atoms with Crippen molar-refractivity contribution in [2.75, 3.05) is 13.2 Å². The topological polar surface area (TPSA) is 41.6 Å². The lowest BCUT2D eigenvalue weighted by atomic mass is 10.0. The highest BCUT2D eigenvalue weighted by molar-refractivity contribution is 5.84. The van der Waals surface area contributed by atoms with Crippen LogP contribution in [0, 0.1) is 5.92 Å². The molecule has 100 valence electrons. The number of rotatable bonds is 6. The van der Waals surface area contributed by atoms with Crippen LogP contribution in [0.5, 0.6) is 0 Å². The molecule has 0 aromatic rings. The maximum atomic E-state index is 12.3. The van der Waals surface area contributed by atoms with E-state index in [0.29, 0.717) is 19.1 Å². The molecular formula is C13H26N2O2. The summed E-state index contributed by atoms with van der Waals surface area (Å²) in [5.74, 6) is 0.555. The van der Waals surface area contributed by atoms with Crippen molar-refractivity contribution in [3.63, 3.8) is 0 Å². The molecule has 1 amide bonds. The molecule has 4 nitrogen and oxygen atoms in total. The standard InChI is InChI=1S/C13H26N2O2/c1-6-11-14-12(9(3)4)13(16)15(11)10(5)8-17-7-2/h9-12,14H,6-8H2,1-5H3. The second-order valence-electron chi connectivity index (χ2n) is 5.07. The Balaban J connectivity index is 2.71. The van der Waals surface area contributed by atoms with Crippen LogP contribution in [0.1, 0.15) is 41.0 Å². The van der Waals surface area contributed by atoms with Crippen molar-refractivity contribution in [1.29, 1.82) is 0 Å². The fraction of sp³-hybridized carbons (Fsp3) is 0.923. The smallest absolute Gasteiger partial charge is 0.241 e. The lowest BCUT2D eigenvalue weighted by Gasteiger charge is -2.29. The number of ether oxygens (including phenoxy) is 1. The Morgan fingerprint density at radius 1 is 1.35 bits per heavy atom. The summed E-state index contributed by atoms with van der Waals surface area (Å²) < 4.78 is 5.42. The summed E-state index contributed by atoms with van der Waals surface area (Å²) >= 11 is 0. The van der Waals surface area contributed by atoms with Gasteiger partial charge in [0.15, 0.2) is 0 Å². The van der Waals surface area contributed by atoms with Crippen molar-refractivity contribution < 1.29 is 9.53 Å². The quantitative estimate of drug-likeness (QED) is 0.769. The van der Waals surface area contributed by atoms with Crippen LogP contribution < -0.4 is 5.32 Å². The van der Waals surface area contributed by atoms with E-state index < -0.39 is 0 Å². The number of carbonyl (C=O) groups excluding carboxylic acids is 1. The van der Waals surface area contributed by atoms with Gasteiger partial charge >= 0.3 is 0 Å². The molecule has 0 aromatic heterocycles. The van der Waals surface area contributed by atoms with Crippen LogP contribution in [0.15, 0.2) is 0 Å². The van der Waals surface area contributed by atoms with Crippen LogP contribution >= 0.6 is 0 Å². The van der Waals surface area contributed by atoms with Gasteiger partial charge < -0.3 is 9.64 Å². The molecule has 0 aromatic carbocycles. The van der Waals surface area contributed by atoms with Crippen molar-refractivity contribution in [3.05, 3.63) is 0 Å². The van der Waals surface area contributed by atoms with E-state index in [0.717, 1.165) is 6.42 Å². The van der Waals surface area contributed by atoms with Gasteiger partial charge in [0, 0.05) is 6.61 Å². The first-order valence-electron chi connectivity index (χ1n) is 6.68. The highest BCUT2D eigenvalue weighted by Gasteiger charge is 2.41. The Kier molecular flexibility index (Phi) is 5.40. The summed E-state index contributed by atoms with van der Waals surface area (Å²) in [5.41, 5.74) is 0. The first-order chi connectivity index (χ1) is 8.02. The second kappa shape index (κ2) is 6.36. The average Bonchev–Trinajstić information content (AvgIpc) is 2.63. The lowest BCUT2D eigenvalue weighted by Crippen LogP contribution is -2.45. The number of carbonyl (C=O) groups is 1. The minimum absolute atomic E-state index is 0.0379. The average molecular weight is 242 g/mol. The third-order valence-corrected chi connectivity index (χ3v) is 3.32. The normalized spacial score (nSPS) is 26.9. The summed E-state index contributed by atoms with van der Waals surface area (Å²) in [4.78, 5) is 14.3. The van der Waals surface area contributed by atoms with E-state index in [-0.39, 0.29) is 24.2 Å². The summed E-state index contributed by atoms with van der Waals surface area (Å²) in [6.45, 7) is 11.6. The number of nitrogens with one attached hydrogen (secondary N) is 1. The van der Waals surface area contributed by atoms with E-state index in [1.807, 2.05) is 11.8 Å². The van der Waals surface area contributed by atoms with Gasteiger partial charge in [-0.05, 0) is 26.2 Å². The van der Waals surface area contributed by atoms with E-state index in [2.05, 4.69) is 33.0 Å². The highest BCUT2D eigenvalue weighted by Crippen LogP contribution is 2.21. The van der Waals surface area contributed by atoms with Gasteiger partial charge in [0.2, 0.25) is 5.91 Å². The molecule has 3 unspecified atom stereocenters. The van der Waals surface area contributed by atoms with E-state index in [1.54, 1.807) is 0 Å². The van der Waals surface area contributed by atoms with Crippen molar-refractivity contribution in [2.45, 2.75) is 59.3 Å². The molecule has 0 spiro atoms. The zero-order chi connectivity index (χ0) is 13.0. The van der Waals surface area contributed by atoms with Crippen molar-refractivity contribution in [2.24, 2.45) is 5.92 Å². The van der Waals surface area contributed by atoms with E-state index in [9.17, 15) is 4.79 Å². The number of amides is 1. The van der Waals surface area contributed by atoms with Crippen molar-refractivity contribution in [3.8, 4) is 0 Å². The zero-order valence-corrected chi connectivity index (χ0v) is 11.7. The van der Waals surface area contributed by atoms with Crippen LogP contribution in [0.3, 0.4) is 0 Å². The van der Waals surface area contributed by atoms with Gasteiger partial charge in [0.05, 0.1) is 24.9 Å². The molecule has 0 radical (unpaired) electrons. The van der Waals surface area contributed by atoms with Crippen LogP contribution in [0.4, 0.5) is 0 Å². The predicted octanol–water partition coefficient (Wildman–Crippen LogP) is 1.60. The van der Waals surface area contributed by atoms with Gasteiger partial charge in [-0.3, -0.25) is 10.1 Å². The third-order valence-electron chi connectivity index (χ3n) is 3.32. The van der Waals surface area contributed by atoms with Gasteiger partial charge in [0.1, 0.15) is 0 Å². The molecule has 1 fully saturated rings. The molecular weight excluding hydrogens is 216 g/mol. The third kappa shape index (κ3) is 3.19. The molecule has 0 aliphatic carbocycles. The highest BCUT2D eigenvalue weighted by atomic mass is 16.5. The molecule has 17 heavy (non-hydrogen) atoms. The molecule has 4 heteroatoms. The molecule has 1 saturated heterocycles. The minimum Gasteiger partial charge on any atom is -0.380 e. The Morgan fingerprint density at radius 3 is 2.47 bits per heavy atom. The van der Waals surface area contributed by atoms with Crippen molar-refractivity contribution in [1.82, 2.24) is 10.2 Å². The second-order valence-corrected chi connectivity index (χ2v) is 5.07. The molecule has 1 heterocycles. The van der Waals surface area contributed by atoms with E-state index in [4.69, 9.17) is 4.74 Å². The molecule has 3 atom stereocenters. The Bertz CT molecular complexity index is 256. The molecule has 1 rings (SSSR count). The summed E-state index contributed by atoms with van der Waals surface area (Å²) in [5, 5.41) is 3.42. The Morgan fingerprint density at radius 2 is 2.00 bits per heavy atom. The van der Waals surface area contributed by atoms with Crippen molar-refractivity contribution >= 4 is 5.91 Å². The van der Waals surface area contributed by atoms with Crippen LogP contribution in [-0.4, -0.2) is 42.3 Å². The fourth-order valence-corrected chi connectivity index (χ4v) is 2.36. The maximum absolute atomic E-state index is 12.3. The molecule has 0 saturated carbocycles. The molecule has 1 aliphatic heterocycles. The van der Waals surface area contributed by atoms with Crippen LogP contribution in [0.2, 0.25) is 0 Å². The van der Waals surface area contributed by atoms with Gasteiger partial charge in [-0.1, -0.05) is 20.8 Å². The van der Waals surface area contributed by atoms with Gasteiger partial charge in [-0.25, -0.2) is 0 Å². The zero-order valence-electron chi connectivity index (χ0n) is 11.7. The SMILES string of the molecule is CCOCC(C)N1C(=O)C(C(C)C)NC1CC. The summed E-state index contributed by atoms with van der Waals surface area (Å²) in [6, 6.07) is 0.104. The van der Waals surface area contributed by atoms with Gasteiger partial charge in [0.25, 0.3) is 0 Å². The largest absolute Gasteiger partial charge is 0.380 e.